The van der Waals surface area contributed by atoms with Crippen LogP contribution in [0.5, 0.6) is 0 Å². The van der Waals surface area contributed by atoms with E-state index < -0.39 is 0 Å². The maximum Gasteiger partial charge on any atom is 0.249 e. The first-order valence-corrected chi connectivity index (χ1v) is 7.96. The van der Waals surface area contributed by atoms with Crippen molar-refractivity contribution in [2.24, 2.45) is 0 Å². The first-order valence-electron chi connectivity index (χ1n) is 7.58. The van der Waals surface area contributed by atoms with Crippen molar-refractivity contribution in [2.45, 2.75) is 20.8 Å². The van der Waals surface area contributed by atoms with Gasteiger partial charge in [0.2, 0.25) is 5.95 Å². The van der Waals surface area contributed by atoms with E-state index in [9.17, 15) is 0 Å². The molecule has 1 heterocycles. The first kappa shape index (κ1) is 16.2. The quantitative estimate of drug-likeness (QED) is 0.705. The van der Waals surface area contributed by atoms with Crippen LogP contribution in [0.4, 0.5) is 23.1 Å². The molecule has 0 aliphatic carbocycles. The molecule has 0 fully saturated rings. The van der Waals surface area contributed by atoms with Crippen LogP contribution >= 0.6 is 11.6 Å². The zero-order valence-corrected chi connectivity index (χ0v) is 14.5. The van der Waals surface area contributed by atoms with Gasteiger partial charge in [-0.2, -0.15) is 10.1 Å². The Bertz CT molecular complexity index is 810. The summed E-state index contributed by atoms with van der Waals surface area (Å²) in [5, 5.41) is 15.1. The molecule has 0 unspecified atom stereocenters. The standard InChI is InChI=1S/C18H18ClN5/c1-11-4-5-12(2)15(8-11)21-17-10-20-24-18(23-17)22-16-9-14(19)7-6-13(16)3/h4-10H,1-3H3,(H2,21,22,23,24). The number of hydrogen-bond acceptors (Lipinski definition) is 5. The van der Waals surface area contributed by atoms with Gasteiger partial charge in [0.25, 0.3) is 0 Å². The topological polar surface area (TPSA) is 62.7 Å². The van der Waals surface area contributed by atoms with Gasteiger partial charge in [-0.1, -0.05) is 29.8 Å². The molecule has 0 spiro atoms. The van der Waals surface area contributed by atoms with Crippen LogP contribution in [0.1, 0.15) is 16.7 Å². The van der Waals surface area contributed by atoms with Crippen LogP contribution in [-0.2, 0) is 0 Å². The van der Waals surface area contributed by atoms with Crippen LogP contribution in [0.3, 0.4) is 0 Å². The Hall–Kier alpha value is -2.66. The van der Waals surface area contributed by atoms with Crippen molar-refractivity contribution in [1.29, 1.82) is 0 Å². The fraction of sp³-hybridized carbons (Fsp3) is 0.167. The molecule has 0 amide bonds. The maximum absolute atomic E-state index is 6.05. The minimum Gasteiger partial charge on any atom is -0.339 e. The molecule has 1 aromatic heterocycles. The monoisotopic (exact) mass is 339 g/mol. The molecule has 3 aromatic rings. The fourth-order valence-corrected chi connectivity index (χ4v) is 2.45. The Morgan fingerprint density at radius 1 is 0.875 bits per heavy atom. The summed E-state index contributed by atoms with van der Waals surface area (Å²) in [4.78, 5) is 4.47. The molecule has 0 aliphatic rings. The van der Waals surface area contributed by atoms with Gasteiger partial charge in [0, 0.05) is 16.4 Å². The Kier molecular flexibility index (Phi) is 4.62. The van der Waals surface area contributed by atoms with E-state index in [4.69, 9.17) is 11.6 Å². The van der Waals surface area contributed by atoms with E-state index in [1.165, 1.54) is 5.56 Å². The molecule has 0 radical (unpaired) electrons. The summed E-state index contributed by atoms with van der Waals surface area (Å²) in [6.07, 6.45) is 1.60. The molecule has 2 aromatic carbocycles. The average Bonchev–Trinajstić information content (AvgIpc) is 2.55. The molecule has 0 bridgehead atoms. The fourth-order valence-electron chi connectivity index (χ4n) is 2.27. The zero-order chi connectivity index (χ0) is 17.1. The molecule has 24 heavy (non-hydrogen) atoms. The predicted molar refractivity (Wildman–Crippen MR) is 98.5 cm³/mol. The van der Waals surface area contributed by atoms with Gasteiger partial charge < -0.3 is 10.6 Å². The molecule has 0 atom stereocenters. The Morgan fingerprint density at radius 3 is 2.38 bits per heavy atom. The highest BCUT2D eigenvalue weighted by Crippen LogP contribution is 2.24. The first-order chi connectivity index (χ1) is 11.5. The second kappa shape index (κ2) is 6.84. The number of aryl methyl sites for hydroxylation is 3. The summed E-state index contributed by atoms with van der Waals surface area (Å²) < 4.78 is 0. The molecule has 0 aliphatic heterocycles. The average molecular weight is 340 g/mol. The van der Waals surface area contributed by atoms with Crippen LogP contribution in [0.2, 0.25) is 5.02 Å². The Morgan fingerprint density at radius 2 is 1.58 bits per heavy atom. The number of aromatic nitrogens is 3. The molecule has 0 saturated heterocycles. The Balaban J connectivity index is 1.84. The smallest absolute Gasteiger partial charge is 0.249 e. The molecule has 0 saturated carbocycles. The molecule has 3 rings (SSSR count). The lowest BCUT2D eigenvalue weighted by molar-refractivity contribution is 0.981. The molecule has 122 valence electrons. The van der Waals surface area contributed by atoms with Gasteiger partial charge in [-0.05, 0) is 55.7 Å². The van der Waals surface area contributed by atoms with Gasteiger partial charge in [-0.15, -0.1) is 5.10 Å². The van der Waals surface area contributed by atoms with Crippen LogP contribution in [0, 0.1) is 20.8 Å². The lowest BCUT2D eigenvalue weighted by Crippen LogP contribution is -2.04. The maximum atomic E-state index is 6.05. The van der Waals surface area contributed by atoms with Gasteiger partial charge in [0.15, 0.2) is 5.82 Å². The Labute approximate surface area is 146 Å². The van der Waals surface area contributed by atoms with E-state index >= 15 is 0 Å². The number of benzene rings is 2. The third kappa shape index (κ3) is 3.81. The van der Waals surface area contributed by atoms with Gasteiger partial charge in [-0.3, -0.25) is 0 Å². The second-order valence-electron chi connectivity index (χ2n) is 5.69. The van der Waals surface area contributed by atoms with Crippen molar-refractivity contribution in [1.82, 2.24) is 15.2 Å². The summed E-state index contributed by atoms with van der Waals surface area (Å²) in [5.74, 6) is 1.04. The van der Waals surface area contributed by atoms with E-state index in [-0.39, 0.29) is 0 Å². The number of anilines is 4. The van der Waals surface area contributed by atoms with E-state index in [0.717, 1.165) is 22.5 Å². The summed E-state index contributed by atoms with van der Waals surface area (Å²) in [7, 11) is 0. The minimum absolute atomic E-state index is 0.413. The van der Waals surface area contributed by atoms with Gasteiger partial charge in [0.1, 0.15) is 0 Å². The van der Waals surface area contributed by atoms with Crippen molar-refractivity contribution in [2.75, 3.05) is 10.6 Å². The van der Waals surface area contributed by atoms with Crippen LogP contribution in [0.15, 0.2) is 42.6 Å². The zero-order valence-electron chi connectivity index (χ0n) is 13.8. The lowest BCUT2D eigenvalue weighted by atomic mass is 10.1. The second-order valence-corrected chi connectivity index (χ2v) is 6.13. The van der Waals surface area contributed by atoms with Crippen molar-refractivity contribution in [3.8, 4) is 0 Å². The largest absolute Gasteiger partial charge is 0.339 e. The highest BCUT2D eigenvalue weighted by atomic mass is 35.5. The third-order valence-electron chi connectivity index (χ3n) is 3.66. The number of hydrogen-bond donors (Lipinski definition) is 2. The third-order valence-corrected chi connectivity index (χ3v) is 3.90. The number of rotatable bonds is 4. The summed E-state index contributed by atoms with van der Waals surface area (Å²) in [6, 6.07) is 11.8. The van der Waals surface area contributed by atoms with Gasteiger partial charge in [0.05, 0.1) is 6.20 Å². The van der Waals surface area contributed by atoms with E-state index in [1.54, 1.807) is 6.20 Å². The summed E-state index contributed by atoms with van der Waals surface area (Å²) >= 11 is 6.05. The van der Waals surface area contributed by atoms with Crippen molar-refractivity contribution in [3.63, 3.8) is 0 Å². The normalized spacial score (nSPS) is 10.5. The highest BCUT2D eigenvalue weighted by Gasteiger charge is 2.06. The number of halogens is 1. The van der Waals surface area contributed by atoms with Gasteiger partial charge in [-0.25, -0.2) is 0 Å². The number of nitrogens with zero attached hydrogens (tertiary/aromatic N) is 3. The molecule has 5 nitrogen and oxygen atoms in total. The van der Waals surface area contributed by atoms with Crippen molar-refractivity contribution >= 4 is 34.7 Å². The van der Waals surface area contributed by atoms with Crippen LogP contribution in [-0.4, -0.2) is 15.2 Å². The van der Waals surface area contributed by atoms with E-state index in [2.05, 4.69) is 50.9 Å². The van der Waals surface area contributed by atoms with E-state index in [1.807, 2.05) is 32.0 Å². The van der Waals surface area contributed by atoms with Crippen LogP contribution in [0.25, 0.3) is 0 Å². The molecule has 6 heteroatoms. The van der Waals surface area contributed by atoms with Gasteiger partial charge >= 0.3 is 0 Å². The number of nitrogens with one attached hydrogen (secondary N) is 2. The van der Waals surface area contributed by atoms with Crippen molar-refractivity contribution < 1.29 is 0 Å². The summed E-state index contributed by atoms with van der Waals surface area (Å²) in [6.45, 7) is 6.09. The molecule has 2 N–H and O–H groups in total. The SMILES string of the molecule is Cc1ccc(C)c(Nc2cnnc(Nc3cc(Cl)ccc3C)n2)c1. The van der Waals surface area contributed by atoms with Crippen molar-refractivity contribution in [3.05, 3.63) is 64.3 Å². The molecular formula is C18H18ClN5. The predicted octanol–water partition coefficient (Wildman–Crippen LogP) is 4.94. The highest BCUT2D eigenvalue weighted by molar-refractivity contribution is 6.30. The van der Waals surface area contributed by atoms with Crippen LogP contribution < -0.4 is 10.6 Å². The lowest BCUT2D eigenvalue weighted by Gasteiger charge is -2.11. The summed E-state index contributed by atoms with van der Waals surface area (Å²) in [5.41, 5.74) is 5.22. The van der Waals surface area contributed by atoms with E-state index in [0.29, 0.717) is 16.8 Å². The minimum atomic E-state index is 0.413. The molecular weight excluding hydrogens is 322 g/mol.